The second kappa shape index (κ2) is 8.02. The van der Waals surface area contributed by atoms with E-state index in [-0.39, 0.29) is 11.8 Å². The molecule has 2 fully saturated rings. The third-order valence-electron chi connectivity index (χ3n) is 6.20. The van der Waals surface area contributed by atoms with Crippen LogP contribution in [-0.4, -0.2) is 64.5 Å². The number of halogens is 3. The average Bonchev–Trinajstić information content (AvgIpc) is 3.09. The number of aromatic nitrogens is 2. The van der Waals surface area contributed by atoms with Crippen LogP contribution in [0.5, 0.6) is 0 Å². The van der Waals surface area contributed by atoms with E-state index in [4.69, 9.17) is 0 Å². The Hall–Kier alpha value is -1.61. The van der Waals surface area contributed by atoms with Crippen molar-refractivity contribution < 1.29 is 18.0 Å². The van der Waals surface area contributed by atoms with Crippen molar-refractivity contribution in [2.24, 2.45) is 0 Å². The Bertz CT molecular complexity index is 703. The lowest BCUT2D eigenvalue weighted by Gasteiger charge is -2.34. The molecule has 1 aromatic heterocycles. The van der Waals surface area contributed by atoms with E-state index in [9.17, 15) is 18.0 Å². The van der Waals surface area contributed by atoms with Crippen LogP contribution in [0, 0.1) is 0 Å². The highest BCUT2D eigenvalue weighted by atomic mass is 19.4. The first kappa shape index (κ1) is 19.7. The predicted molar refractivity (Wildman–Crippen MR) is 97.8 cm³/mol. The molecule has 1 aromatic rings. The standard InChI is InChI=1S/C19H28F3N5O/c20-19(21,22)18-24-17(15-12-23-6-11-27(15)18)14-4-9-25(10-5-14)13-16(28)26-7-2-1-3-8-26/h14,23H,1-13H2. The van der Waals surface area contributed by atoms with Gasteiger partial charge in [-0.1, -0.05) is 0 Å². The molecule has 0 saturated carbocycles. The van der Waals surface area contributed by atoms with E-state index >= 15 is 0 Å². The molecule has 28 heavy (non-hydrogen) atoms. The van der Waals surface area contributed by atoms with Gasteiger partial charge in [0.25, 0.3) is 0 Å². The van der Waals surface area contributed by atoms with Crippen molar-refractivity contribution in [3.05, 3.63) is 17.2 Å². The van der Waals surface area contributed by atoms with E-state index in [0.717, 1.165) is 51.9 Å². The van der Waals surface area contributed by atoms with Gasteiger partial charge in [-0.2, -0.15) is 13.2 Å². The summed E-state index contributed by atoms with van der Waals surface area (Å²) < 4.78 is 41.5. The van der Waals surface area contributed by atoms with Gasteiger partial charge in [0.1, 0.15) is 0 Å². The van der Waals surface area contributed by atoms with E-state index in [1.165, 1.54) is 11.0 Å². The first-order valence-electron chi connectivity index (χ1n) is 10.3. The molecule has 4 heterocycles. The number of carbonyl (C=O) groups excluding carboxylic acids is 1. The second-order valence-corrected chi connectivity index (χ2v) is 8.09. The van der Waals surface area contributed by atoms with Gasteiger partial charge in [-0.05, 0) is 45.2 Å². The molecule has 3 aliphatic heterocycles. The number of hydrogen-bond donors (Lipinski definition) is 1. The molecule has 156 valence electrons. The van der Waals surface area contributed by atoms with Crippen LogP contribution in [0.15, 0.2) is 0 Å². The minimum absolute atomic E-state index is 0.0265. The van der Waals surface area contributed by atoms with Gasteiger partial charge in [0.2, 0.25) is 11.7 Å². The highest BCUT2D eigenvalue weighted by Crippen LogP contribution is 2.36. The first-order valence-corrected chi connectivity index (χ1v) is 10.3. The maximum atomic E-state index is 13.4. The third-order valence-corrected chi connectivity index (χ3v) is 6.20. The summed E-state index contributed by atoms with van der Waals surface area (Å²) >= 11 is 0. The van der Waals surface area contributed by atoms with E-state index in [1.54, 1.807) is 0 Å². The molecular weight excluding hydrogens is 371 g/mol. The lowest BCUT2D eigenvalue weighted by atomic mass is 9.92. The molecule has 0 spiro atoms. The number of alkyl halides is 3. The van der Waals surface area contributed by atoms with E-state index in [1.807, 2.05) is 4.90 Å². The largest absolute Gasteiger partial charge is 0.449 e. The highest BCUT2D eigenvalue weighted by Gasteiger charge is 2.40. The second-order valence-electron chi connectivity index (χ2n) is 8.09. The molecule has 2 saturated heterocycles. The minimum Gasteiger partial charge on any atom is -0.342 e. The first-order chi connectivity index (χ1) is 13.4. The molecule has 0 aromatic carbocycles. The molecule has 0 unspecified atom stereocenters. The fourth-order valence-corrected chi connectivity index (χ4v) is 4.67. The van der Waals surface area contributed by atoms with Crippen LogP contribution in [0.1, 0.15) is 55.2 Å². The molecule has 1 N–H and O–H groups in total. The summed E-state index contributed by atoms with van der Waals surface area (Å²) in [6.07, 6.45) is 0.414. The summed E-state index contributed by atoms with van der Waals surface area (Å²) in [7, 11) is 0. The Kier molecular flexibility index (Phi) is 5.64. The summed E-state index contributed by atoms with van der Waals surface area (Å²) in [6.45, 7) is 4.85. The number of fused-ring (bicyclic) bond motifs is 1. The van der Waals surface area contributed by atoms with Gasteiger partial charge in [-0.3, -0.25) is 9.69 Å². The molecule has 6 nitrogen and oxygen atoms in total. The van der Waals surface area contributed by atoms with Crippen LogP contribution in [0.25, 0.3) is 0 Å². The Labute approximate surface area is 163 Å². The van der Waals surface area contributed by atoms with Gasteiger partial charge >= 0.3 is 6.18 Å². The normalized spacial score (nSPS) is 22.3. The molecule has 0 radical (unpaired) electrons. The van der Waals surface area contributed by atoms with Crippen molar-refractivity contribution in [1.82, 2.24) is 24.7 Å². The summed E-state index contributed by atoms with van der Waals surface area (Å²) in [5.41, 5.74) is 1.28. The molecule has 3 aliphatic rings. The zero-order valence-electron chi connectivity index (χ0n) is 16.1. The summed E-state index contributed by atoms with van der Waals surface area (Å²) in [6, 6.07) is 0. The molecule has 0 aliphatic carbocycles. The minimum atomic E-state index is -4.42. The van der Waals surface area contributed by atoms with Crippen molar-refractivity contribution in [3.63, 3.8) is 0 Å². The molecule has 0 atom stereocenters. The average molecular weight is 399 g/mol. The van der Waals surface area contributed by atoms with Crippen LogP contribution < -0.4 is 5.32 Å². The van der Waals surface area contributed by atoms with Crippen molar-refractivity contribution in [1.29, 1.82) is 0 Å². The predicted octanol–water partition coefficient (Wildman–Crippen LogP) is 2.20. The molecular formula is C19H28F3N5O. The highest BCUT2D eigenvalue weighted by molar-refractivity contribution is 5.78. The Morgan fingerprint density at radius 1 is 1.07 bits per heavy atom. The molecule has 4 rings (SSSR count). The Morgan fingerprint density at radius 2 is 1.79 bits per heavy atom. The quantitative estimate of drug-likeness (QED) is 0.847. The third kappa shape index (κ3) is 4.05. The van der Waals surface area contributed by atoms with Crippen molar-refractivity contribution in [2.45, 2.75) is 57.3 Å². The van der Waals surface area contributed by atoms with Crippen LogP contribution in [0.2, 0.25) is 0 Å². The van der Waals surface area contributed by atoms with Crippen molar-refractivity contribution in [3.8, 4) is 0 Å². The number of carbonyl (C=O) groups is 1. The maximum Gasteiger partial charge on any atom is 0.449 e. The van der Waals surface area contributed by atoms with Crippen LogP contribution >= 0.6 is 0 Å². The fourth-order valence-electron chi connectivity index (χ4n) is 4.67. The molecule has 1 amide bonds. The zero-order chi connectivity index (χ0) is 19.7. The number of nitrogens with one attached hydrogen (secondary N) is 1. The van der Waals surface area contributed by atoms with Crippen LogP contribution in [-0.2, 0) is 24.1 Å². The van der Waals surface area contributed by atoms with Gasteiger partial charge in [0.05, 0.1) is 17.9 Å². The van der Waals surface area contributed by atoms with Gasteiger partial charge in [-0.25, -0.2) is 4.98 Å². The van der Waals surface area contributed by atoms with Gasteiger partial charge < -0.3 is 14.8 Å². The Balaban J connectivity index is 1.40. The van der Waals surface area contributed by atoms with Crippen LogP contribution in [0.3, 0.4) is 0 Å². The van der Waals surface area contributed by atoms with E-state index < -0.39 is 12.0 Å². The monoisotopic (exact) mass is 399 g/mol. The fraction of sp³-hybridized carbons (Fsp3) is 0.789. The topological polar surface area (TPSA) is 53.4 Å². The maximum absolute atomic E-state index is 13.4. The summed E-state index contributed by atoms with van der Waals surface area (Å²) in [4.78, 5) is 20.6. The molecule has 0 bridgehead atoms. The number of rotatable bonds is 3. The number of amides is 1. The number of imidazole rings is 1. The number of nitrogens with zero attached hydrogens (tertiary/aromatic N) is 4. The van der Waals surface area contributed by atoms with Crippen molar-refractivity contribution in [2.75, 3.05) is 39.3 Å². The smallest absolute Gasteiger partial charge is 0.342 e. The number of hydrogen-bond acceptors (Lipinski definition) is 4. The van der Waals surface area contributed by atoms with Crippen molar-refractivity contribution >= 4 is 5.91 Å². The van der Waals surface area contributed by atoms with Crippen LogP contribution in [0.4, 0.5) is 13.2 Å². The number of piperidine rings is 2. The zero-order valence-corrected chi connectivity index (χ0v) is 16.1. The van der Waals surface area contributed by atoms with E-state index in [2.05, 4.69) is 15.2 Å². The summed E-state index contributed by atoms with van der Waals surface area (Å²) in [5.74, 6) is -0.554. The SMILES string of the molecule is O=C(CN1CCC(c2nc(C(F)(F)F)n3c2CNCC3)CC1)N1CCCCC1. The van der Waals surface area contributed by atoms with E-state index in [0.29, 0.717) is 37.6 Å². The lowest BCUT2D eigenvalue weighted by molar-refractivity contribution is -0.147. The number of likely N-dealkylation sites (tertiary alicyclic amines) is 2. The van der Waals surface area contributed by atoms with Gasteiger partial charge in [-0.15, -0.1) is 0 Å². The summed E-state index contributed by atoms with van der Waals surface area (Å²) in [5, 5.41) is 3.17. The lowest BCUT2D eigenvalue weighted by Crippen LogP contribution is -2.45. The van der Waals surface area contributed by atoms with Gasteiger partial charge in [0.15, 0.2) is 0 Å². The molecule has 9 heteroatoms. The Morgan fingerprint density at radius 3 is 2.46 bits per heavy atom. The van der Waals surface area contributed by atoms with Gasteiger partial charge in [0, 0.05) is 38.6 Å².